The van der Waals surface area contributed by atoms with Crippen molar-refractivity contribution in [2.45, 2.75) is 57.4 Å². The van der Waals surface area contributed by atoms with Crippen molar-refractivity contribution in [3.8, 4) is 5.75 Å². The van der Waals surface area contributed by atoms with Crippen molar-refractivity contribution in [2.75, 3.05) is 13.7 Å². The lowest BCUT2D eigenvalue weighted by Gasteiger charge is -2.31. The Morgan fingerprint density at radius 2 is 1.59 bits per heavy atom. The van der Waals surface area contributed by atoms with E-state index in [1.807, 2.05) is 57.2 Å². The Hall–Kier alpha value is -1.85. The minimum atomic E-state index is -3.57. The monoisotopic (exact) mass is 387 g/mol. The molecular formula is C22H29NO3S. The number of rotatable bonds is 4. The van der Waals surface area contributed by atoms with E-state index in [0.29, 0.717) is 11.4 Å². The van der Waals surface area contributed by atoms with Crippen LogP contribution in [0.2, 0.25) is 0 Å². The molecule has 0 aromatic heterocycles. The minimum absolute atomic E-state index is 0.136. The Morgan fingerprint density at radius 1 is 0.963 bits per heavy atom. The molecule has 0 amide bonds. The number of aryl methyl sites for hydroxylation is 3. The molecule has 1 saturated heterocycles. The van der Waals surface area contributed by atoms with E-state index in [1.54, 1.807) is 11.4 Å². The molecule has 0 bridgehead atoms. The van der Waals surface area contributed by atoms with Crippen molar-refractivity contribution in [3.05, 3.63) is 58.7 Å². The second-order valence-electron chi connectivity index (χ2n) is 7.48. The predicted molar refractivity (Wildman–Crippen MR) is 109 cm³/mol. The third kappa shape index (κ3) is 4.04. The van der Waals surface area contributed by atoms with Crippen molar-refractivity contribution in [3.63, 3.8) is 0 Å². The fourth-order valence-electron chi connectivity index (χ4n) is 4.22. The lowest BCUT2D eigenvalue weighted by molar-refractivity contribution is 0.328. The zero-order valence-corrected chi connectivity index (χ0v) is 17.5. The molecule has 2 aromatic rings. The van der Waals surface area contributed by atoms with E-state index in [2.05, 4.69) is 0 Å². The van der Waals surface area contributed by atoms with E-state index >= 15 is 0 Å². The summed E-state index contributed by atoms with van der Waals surface area (Å²) in [6.45, 7) is 6.36. The maximum atomic E-state index is 13.7. The van der Waals surface area contributed by atoms with Crippen LogP contribution >= 0.6 is 0 Å². The Bertz CT molecular complexity index is 881. The second-order valence-corrected chi connectivity index (χ2v) is 9.31. The van der Waals surface area contributed by atoms with E-state index in [9.17, 15) is 8.42 Å². The van der Waals surface area contributed by atoms with Gasteiger partial charge in [-0.1, -0.05) is 42.7 Å². The normalized spacial score (nSPS) is 18.9. The van der Waals surface area contributed by atoms with Gasteiger partial charge in [0, 0.05) is 6.54 Å². The fraction of sp³-hybridized carbons (Fsp3) is 0.455. The van der Waals surface area contributed by atoms with Crippen LogP contribution in [0.4, 0.5) is 0 Å². The fourth-order valence-corrected chi connectivity index (χ4v) is 6.32. The van der Waals surface area contributed by atoms with Crippen molar-refractivity contribution in [2.24, 2.45) is 0 Å². The van der Waals surface area contributed by atoms with Gasteiger partial charge in [0.15, 0.2) is 0 Å². The number of ether oxygens (including phenoxy) is 1. The van der Waals surface area contributed by atoms with Gasteiger partial charge < -0.3 is 4.74 Å². The van der Waals surface area contributed by atoms with Gasteiger partial charge in [0.1, 0.15) is 5.75 Å². The molecule has 1 fully saturated rings. The van der Waals surface area contributed by atoms with Gasteiger partial charge in [-0.05, 0) is 62.4 Å². The second kappa shape index (κ2) is 8.03. The van der Waals surface area contributed by atoms with Crippen LogP contribution in [0.5, 0.6) is 5.75 Å². The average Bonchev–Trinajstić information content (AvgIpc) is 2.87. The molecule has 4 nitrogen and oxygen atoms in total. The summed E-state index contributed by atoms with van der Waals surface area (Å²) in [6, 6.07) is 11.6. The molecule has 3 rings (SSSR count). The third-order valence-electron chi connectivity index (χ3n) is 5.38. The molecule has 0 spiro atoms. The van der Waals surface area contributed by atoms with Gasteiger partial charge in [0.2, 0.25) is 10.0 Å². The molecule has 0 saturated carbocycles. The van der Waals surface area contributed by atoms with Crippen LogP contribution in [0, 0.1) is 20.8 Å². The Morgan fingerprint density at radius 3 is 2.19 bits per heavy atom. The molecule has 1 heterocycles. The Labute approximate surface area is 163 Å². The van der Waals surface area contributed by atoms with Gasteiger partial charge in [-0.25, -0.2) is 8.42 Å². The summed E-state index contributed by atoms with van der Waals surface area (Å²) in [7, 11) is -1.94. The number of sulfonamides is 1. The molecule has 5 heteroatoms. The molecule has 146 valence electrons. The molecular weight excluding hydrogens is 358 g/mol. The van der Waals surface area contributed by atoms with E-state index in [-0.39, 0.29) is 6.04 Å². The van der Waals surface area contributed by atoms with Gasteiger partial charge in [-0.15, -0.1) is 0 Å². The lowest BCUT2D eigenvalue weighted by atomic mass is 10.0. The molecule has 1 aliphatic heterocycles. The molecule has 0 aliphatic carbocycles. The van der Waals surface area contributed by atoms with Crippen LogP contribution in [0.25, 0.3) is 0 Å². The standard InChI is InChI=1S/C22H29NO3S/c1-16-14-17(2)22(18(3)15-16)27(24,25)23-13-7-5-6-8-21(23)19-9-11-20(26-4)12-10-19/h9-12,14-15,21H,5-8,13H2,1-4H3/t21-/m0/s1. The SMILES string of the molecule is COc1ccc([C@@H]2CCCCCN2S(=O)(=O)c2c(C)cc(C)cc2C)cc1. The topological polar surface area (TPSA) is 46.6 Å². The molecule has 27 heavy (non-hydrogen) atoms. The predicted octanol–water partition coefficient (Wildman–Crippen LogP) is 4.93. The zero-order valence-electron chi connectivity index (χ0n) is 16.7. The van der Waals surface area contributed by atoms with Gasteiger partial charge in [0.05, 0.1) is 18.0 Å². The zero-order chi connectivity index (χ0) is 19.6. The summed E-state index contributed by atoms with van der Waals surface area (Å²) in [5.41, 5.74) is 3.77. The quantitative estimate of drug-likeness (QED) is 0.747. The van der Waals surface area contributed by atoms with Gasteiger partial charge in [-0.2, -0.15) is 4.31 Å². The third-order valence-corrected chi connectivity index (χ3v) is 7.59. The van der Waals surface area contributed by atoms with E-state index in [4.69, 9.17) is 4.74 Å². The number of nitrogens with zero attached hydrogens (tertiary/aromatic N) is 1. The first-order valence-corrected chi connectivity index (χ1v) is 11.0. The first kappa shape index (κ1) is 19.9. The van der Waals surface area contributed by atoms with E-state index in [0.717, 1.165) is 53.7 Å². The van der Waals surface area contributed by atoms with Crippen LogP contribution in [-0.2, 0) is 10.0 Å². The van der Waals surface area contributed by atoms with Gasteiger partial charge >= 0.3 is 0 Å². The number of methoxy groups -OCH3 is 1. The first-order chi connectivity index (χ1) is 12.8. The molecule has 1 atom stereocenters. The minimum Gasteiger partial charge on any atom is -0.497 e. The number of hydrogen-bond acceptors (Lipinski definition) is 3. The Kier molecular flexibility index (Phi) is 5.92. The van der Waals surface area contributed by atoms with Crippen LogP contribution in [0.15, 0.2) is 41.3 Å². The van der Waals surface area contributed by atoms with Gasteiger partial charge in [-0.3, -0.25) is 0 Å². The molecule has 0 radical (unpaired) electrons. The maximum absolute atomic E-state index is 13.7. The van der Waals surface area contributed by atoms with Crippen LogP contribution in [-0.4, -0.2) is 26.4 Å². The first-order valence-electron chi connectivity index (χ1n) is 9.58. The summed E-state index contributed by atoms with van der Waals surface area (Å²) in [6.07, 6.45) is 3.84. The van der Waals surface area contributed by atoms with Crippen molar-refractivity contribution in [1.29, 1.82) is 0 Å². The highest BCUT2D eigenvalue weighted by Crippen LogP contribution is 2.37. The molecule has 1 aliphatic rings. The number of hydrogen-bond donors (Lipinski definition) is 0. The highest BCUT2D eigenvalue weighted by molar-refractivity contribution is 7.89. The number of benzene rings is 2. The molecule has 0 N–H and O–H groups in total. The smallest absolute Gasteiger partial charge is 0.244 e. The van der Waals surface area contributed by atoms with Crippen molar-refractivity contribution in [1.82, 2.24) is 4.31 Å². The highest BCUT2D eigenvalue weighted by Gasteiger charge is 2.35. The van der Waals surface area contributed by atoms with Gasteiger partial charge in [0.25, 0.3) is 0 Å². The van der Waals surface area contributed by atoms with Crippen LogP contribution in [0.3, 0.4) is 0 Å². The lowest BCUT2D eigenvalue weighted by Crippen LogP contribution is -2.35. The summed E-state index contributed by atoms with van der Waals surface area (Å²) >= 11 is 0. The van der Waals surface area contributed by atoms with Crippen molar-refractivity contribution >= 4 is 10.0 Å². The Balaban J connectivity index is 2.07. The highest BCUT2D eigenvalue weighted by atomic mass is 32.2. The molecule has 0 unspecified atom stereocenters. The molecule has 2 aromatic carbocycles. The largest absolute Gasteiger partial charge is 0.497 e. The summed E-state index contributed by atoms with van der Waals surface area (Å²) in [5.74, 6) is 0.784. The van der Waals surface area contributed by atoms with Crippen LogP contribution < -0.4 is 4.74 Å². The maximum Gasteiger partial charge on any atom is 0.244 e. The average molecular weight is 388 g/mol. The summed E-state index contributed by atoms with van der Waals surface area (Å²) in [4.78, 5) is 0.466. The van der Waals surface area contributed by atoms with E-state index in [1.165, 1.54) is 0 Å². The summed E-state index contributed by atoms with van der Waals surface area (Å²) < 4.78 is 34.4. The summed E-state index contributed by atoms with van der Waals surface area (Å²) in [5, 5.41) is 0. The van der Waals surface area contributed by atoms with Crippen molar-refractivity contribution < 1.29 is 13.2 Å². The van der Waals surface area contributed by atoms with E-state index < -0.39 is 10.0 Å². The van der Waals surface area contributed by atoms with Crippen LogP contribution in [0.1, 0.15) is 54.0 Å².